The van der Waals surface area contributed by atoms with Gasteiger partial charge in [0.05, 0.1) is 6.54 Å². The van der Waals surface area contributed by atoms with Gasteiger partial charge in [-0.3, -0.25) is 4.79 Å². The molecule has 0 aliphatic rings. The molecule has 3 aromatic rings. The number of carbonyl (C=O) groups excluding carboxylic acids is 2. The van der Waals surface area contributed by atoms with Gasteiger partial charge in [0, 0.05) is 36.3 Å². The SMILES string of the molecule is CN(C(=O)CNC(=O)N[C@@H](Cc1c[nH]c2ccccc12)C(=O)O)c1ccccc1. The number of urea groups is 1. The first-order valence-corrected chi connectivity index (χ1v) is 9.09. The Labute approximate surface area is 167 Å². The Hall–Kier alpha value is -3.81. The van der Waals surface area contributed by atoms with Crippen molar-refractivity contribution in [3.05, 3.63) is 66.4 Å². The lowest BCUT2D eigenvalue weighted by Gasteiger charge is -2.19. The van der Waals surface area contributed by atoms with Crippen LogP contribution in [0.1, 0.15) is 5.56 Å². The van der Waals surface area contributed by atoms with Crippen LogP contribution in [-0.4, -0.2) is 47.6 Å². The normalized spacial score (nSPS) is 11.6. The summed E-state index contributed by atoms with van der Waals surface area (Å²) in [5.74, 6) is -1.48. The van der Waals surface area contributed by atoms with Gasteiger partial charge in [-0.2, -0.15) is 0 Å². The number of H-pyrrole nitrogens is 1. The van der Waals surface area contributed by atoms with Gasteiger partial charge >= 0.3 is 12.0 Å². The molecule has 150 valence electrons. The number of carbonyl (C=O) groups is 3. The first-order valence-electron chi connectivity index (χ1n) is 9.09. The summed E-state index contributed by atoms with van der Waals surface area (Å²) >= 11 is 0. The van der Waals surface area contributed by atoms with Crippen LogP contribution in [0.2, 0.25) is 0 Å². The molecule has 1 heterocycles. The van der Waals surface area contributed by atoms with Gasteiger partial charge in [-0.1, -0.05) is 36.4 Å². The van der Waals surface area contributed by atoms with Crippen LogP contribution in [0, 0.1) is 0 Å². The van der Waals surface area contributed by atoms with E-state index in [9.17, 15) is 19.5 Å². The van der Waals surface area contributed by atoms with E-state index in [-0.39, 0.29) is 18.9 Å². The Balaban J connectivity index is 1.57. The molecule has 8 heteroatoms. The second kappa shape index (κ2) is 8.92. The Morgan fingerprint density at radius 3 is 2.48 bits per heavy atom. The predicted molar refractivity (Wildman–Crippen MR) is 110 cm³/mol. The summed E-state index contributed by atoms with van der Waals surface area (Å²) in [6, 6.07) is 14.7. The van der Waals surface area contributed by atoms with E-state index in [1.165, 1.54) is 4.90 Å². The molecule has 8 nitrogen and oxygen atoms in total. The van der Waals surface area contributed by atoms with E-state index in [1.807, 2.05) is 30.3 Å². The third-order valence-corrected chi connectivity index (χ3v) is 4.62. The van der Waals surface area contributed by atoms with E-state index >= 15 is 0 Å². The van der Waals surface area contributed by atoms with Crippen LogP contribution < -0.4 is 15.5 Å². The minimum atomic E-state index is -1.15. The lowest BCUT2D eigenvalue weighted by atomic mass is 10.1. The number of fused-ring (bicyclic) bond motifs is 1. The van der Waals surface area contributed by atoms with E-state index in [4.69, 9.17) is 0 Å². The number of hydrogen-bond donors (Lipinski definition) is 4. The van der Waals surface area contributed by atoms with Crippen molar-refractivity contribution in [2.45, 2.75) is 12.5 Å². The maximum Gasteiger partial charge on any atom is 0.326 e. The standard InChI is InChI=1S/C21H22N4O4/c1-25(15-7-3-2-4-8-15)19(26)13-23-21(29)24-18(20(27)28)11-14-12-22-17-10-6-5-9-16(14)17/h2-10,12,18,22H,11,13H2,1H3,(H,27,28)(H2,23,24,29)/t18-/m0/s1. The maximum atomic E-state index is 12.2. The average molecular weight is 394 g/mol. The number of anilines is 1. The highest BCUT2D eigenvalue weighted by molar-refractivity contribution is 5.96. The molecule has 0 radical (unpaired) electrons. The molecule has 0 unspecified atom stereocenters. The van der Waals surface area contributed by atoms with Crippen molar-refractivity contribution in [2.75, 3.05) is 18.5 Å². The molecule has 0 aliphatic heterocycles. The number of carboxylic acid groups (broad SMARTS) is 1. The largest absolute Gasteiger partial charge is 0.480 e. The first-order chi connectivity index (χ1) is 14.0. The van der Waals surface area contributed by atoms with Gasteiger partial charge in [0.1, 0.15) is 6.04 Å². The van der Waals surface area contributed by atoms with Crippen molar-refractivity contribution in [1.82, 2.24) is 15.6 Å². The lowest BCUT2D eigenvalue weighted by Crippen LogP contribution is -2.49. The average Bonchev–Trinajstić information content (AvgIpc) is 3.14. The van der Waals surface area contributed by atoms with Crippen LogP contribution in [0.25, 0.3) is 10.9 Å². The summed E-state index contributed by atoms with van der Waals surface area (Å²) in [7, 11) is 1.61. The van der Waals surface area contributed by atoms with Crippen LogP contribution >= 0.6 is 0 Å². The topological polar surface area (TPSA) is 115 Å². The lowest BCUT2D eigenvalue weighted by molar-refractivity contribution is -0.139. The molecule has 0 bridgehead atoms. The summed E-state index contributed by atoms with van der Waals surface area (Å²) < 4.78 is 0. The zero-order valence-corrected chi connectivity index (χ0v) is 15.9. The maximum absolute atomic E-state index is 12.2. The predicted octanol–water partition coefficient (Wildman–Crippen LogP) is 2.13. The fraction of sp³-hybridized carbons (Fsp3) is 0.190. The summed E-state index contributed by atoms with van der Waals surface area (Å²) in [6.07, 6.45) is 1.85. The Morgan fingerprint density at radius 1 is 1.07 bits per heavy atom. The second-order valence-corrected chi connectivity index (χ2v) is 6.57. The third-order valence-electron chi connectivity index (χ3n) is 4.62. The monoisotopic (exact) mass is 394 g/mol. The molecule has 0 saturated heterocycles. The number of aromatic amines is 1. The molecule has 1 atom stereocenters. The van der Waals surface area contributed by atoms with Gasteiger partial charge in [-0.05, 0) is 23.8 Å². The number of hydrogen-bond acceptors (Lipinski definition) is 3. The minimum absolute atomic E-state index is 0.116. The molecule has 0 fully saturated rings. The van der Waals surface area contributed by atoms with Crippen LogP contribution in [0.15, 0.2) is 60.8 Å². The quantitative estimate of drug-likeness (QED) is 0.491. The molecule has 1 aromatic heterocycles. The molecule has 0 aliphatic carbocycles. The highest BCUT2D eigenvalue weighted by Gasteiger charge is 2.22. The van der Waals surface area contributed by atoms with Gasteiger partial charge in [0.15, 0.2) is 0 Å². The van der Waals surface area contributed by atoms with Crippen LogP contribution in [0.5, 0.6) is 0 Å². The number of nitrogens with zero attached hydrogens (tertiary/aromatic N) is 1. The molecule has 29 heavy (non-hydrogen) atoms. The number of aromatic nitrogens is 1. The van der Waals surface area contributed by atoms with Gasteiger partial charge in [0.2, 0.25) is 5.91 Å². The van der Waals surface area contributed by atoms with Gasteiger partial charge in [0.25, 0.3) is 0 Å². The first kappa shape index (κ1) is 19.9. The van der Waals surface area contributed by atoms with E-state index in [0.29, 0.717) is 5.69 Å². The summed E-state index contributed by atoms with van der Waals surface area (Å²) in [5, 5.41) is 15.2. The van der Waals surface area contributed by atoms with Gasteiger partial charge in [-0.15, -0.1) is 0 Å². The third kappa shape index (κ3) is 4.92. The molecule has 0 saturated carbocycles. The second-order valence-electron chi connectivity index (χ2n) is 6.57. The van der Waals surface area contributed by atoms with E-state index < -0.39 is 18.0 Å². The molecular formula is C21H22N4O4. The fourth-order valence-electron chi connectivity index (χ4n) is 3.00. The van der Waals surface area contributed by atoms with E-state index in [0.717, 1.165) is 16.5 Å². The number of para-hydroxylation sites is 2. The number of aliphatic carboxylic acids is 1. The summed E-state index contributed by atoms with van der Waals surface area (Å²) in [6.45, 7) is -0.253. The number of likely N-dealkylation sites (N-methyl/N-ethyl adjacent to an activating group) is 1. The number of amides is 3. The number of carboxylic acids is 1. The van der Waals surface area contributed by atoms with Crippen molar-refractivity contribution < 1.29 is 19.5 Å². The zero-order valence-electron chi connectivity index (χ0n) is 15.9. The van der Waals surface area contributed by atoms with Gasteiger partial charge < -0.3 is 25.6 Å². The van der Waals surface area contributed by atoms with Crippen molar-refractivity contribution in [2.24, 2.45) is 0 Å². The minimum Gasteiger partial charge on any atom is -0.480 e. The smallest absolute Gasteiger partial charge is 0.326 e. The number of nitrogens with one attached hydrogen (secondary N) is 3. The molecule has 0 spiro atoms. The molecule has 4 N–H and O–H groups in total. The number of benzene rings is 2. The summed E-state index contributed by atoms with van der Waals surface area (Å²) in [4.78, 5) is 40.5. The highest BCUT2D eigenvalue weighted by Crippen LogP contribution is 2.19. The Kier molecular flexibility index (Phi) is 6.13. The number of rotatable bonds is 7. The molecule has 2 aromatic carbocycles. The summed E-state index contributed by atoms with van der Waals surface area (Å²) in [5.41, 5.74) is 2.38. The van der Waals surface area contributed by atoms with Gasteiger partial charge in [-0.25, -0.2) is 9.59 Å². The van der Waals surface area contributed by atoms with Crippen LogP contribution in [0.4, 0.5) is 10.5 Å². The molecule has 3 amide bonds. The van der Waals surface area contributed by atoms with Crippen molar-refractivity contribution in [3.63, 3.8) is 0 Å². The fourth-order valence-corrected chi connectivity index (χ4v) is 3.00. The Bertz CT molecular complexity index is 1020. The Morgan fingerprint density at radius 2 is 1.76 bits per heavy atom. The van der Waals surface area contributed by atoms with E-state index in [1.54, 1.807) is 37.5 Å². The zero-order chi connectivity index (χ0) is 20.8. The van der Waals surface area contributed by atoms with Crippen LogP contribution in [0.3, 0.4) is 0 Å². The van der Waals surface area contributed by atoms with Crippen molar-refractivity contribution in [1.29, 1.82) is 0 Å². The molecule has 3 rings (SSSR count). The van der Waals surface area contributed by atoms with Crippen LogP contribution in [-0.2, 0) is 16.0 Å². The van der Waals surface area contributed by atoms with Crippen molar-refractivity contribution in [3.8, 4) is 0 Å². The van der Waals surface area contributed by atoms with Crippen molar-refractivity contribution >= 4 is 34.5 Å². The highest BCUT2D eigenvalue weighted by atomic mass is 16.4. The van der Waals surface area contributed by atoms with E-state index in [2.05, 4.69) is 15.6 Å². The molecular weight excluding hydrogens is 372 g/mol.